The Balaban J connectivity index is 1.70. The molecule has 0 unspecified atom stereocenters. The lowest BCUT2D eigenvalue weighted by Gasteiger charge is -2.41. The van der Waals surface area contributed by atoms with Gasteiger partial charge in [0.25, 0.3) is 11.8 Å². The van der Waals surface area contributed by atoms with Crippen molar-refractivity contribution in [1.29, 1.82) is 0 Å². The fourth-order valence-electron chi connectivity index (χ4n) is 3.94. The van der Waals surface area contributed by atoms with E-state index in [-0.39, 0.29) is 11.8 Å². The van der Waals surface area contributed by atoms with Crippen LogP contribution >= 0.6 is 0 Å². The molecule has 0 atom stereocenters. The number of nitrogens with zero attached hydrogens (tertiary/aromatic N) is 2. The Hall–Kier alpha value is -3.66. The molecule has 4 rings (SSSR count). The van der Waals surface area contributed by atoms with Crippen LogP contribution in [0.4, 0.5) is 0 Å². The molecule has 4 heteroatoms. The van der Waals surface area contributed by atoms with Crippen molar-refractivity contribution in [2.24, 2.45) is 0 Å². The van der Waals surface area contributed by atoms with Crippen LogP contribution in [0.1, 0.15) is 41.5 Å². The number of carbonyl (C=O) groups excluding carboxylic acids is 2. The number of benzene rings is 4. The van der Waals surface area contributed by atoms with Gasteiger partial charge < -0.3 is 0 Å². The summed E-state index contributed by atoms with van der Waals surface area (Å²) in [4.78, 5) is 26.9. The Morgan fingerprint density at radius 2 is 1.03 bits per heavy atom. The lowest BCUT2D eigenvalue weighted by atomic mass is 10.0. The molecule has 0 aliphatic carbocycles. The zero-order valence-corrected chi connectivity index (χ0v) is 18.3. The number of carbonyl (C=O) groups is 2. The van der Waals surface area contributed by atoms with E-state index in [1.165, 1.54) is 10.0 Å². The highest BCUT2D eigenvalue weighted by atomic mass is 16.2. The first kappa shape index (κ1) is 20.6. The molecule has 4 aromatic carbocycles. The van der Waals surface area contributed by atoms with E-state index in [2.05, 4.69) is 0 Å². The molecule has 156 valence electrons. The largest absolute Gasteiger partial charge is 0.272 e. The quantitative estimate of drug-likeness (QED) is 0.385. The fraction of sp³-hybridized carbons (Fsp3) is 0.185. The van der Waals surface area contributed by atoms with Crippen LogP contribution in [-0.4, -0.2) is 34.4 Å². The summed E-state index contributed by atoms with van der Waals surface area (Å²) in [5.41, 5.74) is 0.498. The molecule has 4 aromatic rings. The standard InChI is InChI=1S/C27H26N2O2/c1-27(2,3)29(26(31)24-16-14-20-10-6-8-12-22(20)18-24)28(4)25(30)23-15-13-19-9-5-7-11-21(19)17-23/h5-18H,1-4H3. The smallest absolute Gasteiger partial charge is 0.267 e. The van der Waals surface area contributed by atoms with Crippen molar-refractivity contribution in [3.8, 4) is 0 Å². The first-order valence-corrected chi connectivity index (χ1v) is 10.4. The third-order valence-corrected chi connectivity index (χ3v) is 5.41. The average molecular weight is 411 g/mol. The van der Waals surface area contributed by atoms with Crippen molar-refractivity contribution in [3.05, 3.63) is 96.1 Å². The molecule has 0 radical (unpaired) electrons. The molecule has 0 spiro atoms. The van der Waals surface area contributed by atoms with Crippen LogP contribution in [0.3, 0.4) is 0 Å². The van der Waals surface area contributed by atoms with Gasteiger partial charge in [0.1, 0.15) is 0 Å². The topological polar surface area (TPSA) is 40.6 Å². The van der Waals surface area contributed by atoms with Crippen molar-refractivity contribution in [1.82, 2.24) is 10.0 Å². The minimum Gasteiger partial charge on any atom is -0.267 e. The second-order valence-corrected chi connectivity index (χ2v) is 8.74. The van der Waals surface area contributed by atoms with Gasteiger partial charge in [-0.15, -0.1) is 0 Å². The SMILES string of the molecule is CN(C(=O)c1ccc2ccccc2c1)N(C(=O)c1ccc2ccccc2c1)C(C)(C)C. The van der Waals surface area contributed by atoms with Crippen LogP contribution in [0.2, 0.25) is 0 Å². The highest BCUT2D eigenvalue weighted by molar-refractivity contribution is 6.02. The van der Waals surface area contributed by atoms with Gasteiger partial charge in [0.2, 0.25) is 0 Å². The van der Waals surface area contributed by atoms with Crippen molar-refractivity contribution in [3.63, 3.8) is 0 Å². The van der Waals surface area contributed by atoms with Crippen molar-refractivity contribution in [2.45, 2.75) is 26.3 Å². The Kier molecular flexibility index (Phi) is 5.24. The lowest BCUT2D eigenvalue weighted by molar-refractivity contribution is -0.0307. The Morgan fingerprint density at radius 1 is 0.613 bits per heavy atom. The lowest BCUT2D eigenvalue weighted by Crippen LogP contribution is -2.56. The average Bonchev–Trinajstić information content (AvgIpc) is 2.77. The summed E-state index contributed by atoms with van der Waals surface area (Å²) in [5.74, 6) is -0.440. The van der Waals surface area contributed by atoms with Crippen molar-refractivity contribution in [2.75, 3.05) is 7.05 Å². The van der Waals surface area contributed by atoms with E-state index < -0.39 is 5.54 Å². The Morgan fingerprint density at radius 3 is 1.48 bits per heavy atom. The molecular weight excluding hydrogens is 384 g/mol. The predicted octanol–water partition coefficient (Wildman–Crippen LogP) is 5.92. The van der Waals surface area contributed by atoms with Gasteiger partial charge in [-0.05, 0) is 66.6 Å². The number of hydrazine groups is 1. The van der Waals surface area contributed by atoms with E-state index in [1.54, 1.807) is 7.05 Å². The minimum absolute atomic E-state index is 0.213. The van der Waals surface area contributed by atoms with Crippen LogP contribution < -0.4 is 0 Å². The third kappa shape index (κ3) is 4.02. The van der Waals surface area contributed by atoms with Gasteiger partial charge in [-0.1, -0.05) is 60.7 Å². The molecule has 0 aliphatic heterocycles. The molecule has 0 aromatic heterocycles. The zero-order chi connectivity index (χ0) is 22.2. The summed E-state index contributed by atoms with van der Waals surface area (Å²) in [7, 11) is 1.65. The van der Waals surface area contributed by atoms with E-state index in [0.717, 1.165) is 21.5 Å². The third-order valence-electron chi connectivity index (χ3n) is 5.41. The van der Waals surface area contributed by atoms with Gasteiger partial charge in [-0.2, -0.15) is 0 Å². The molecule has 0 aliphatic rings. The highest BCUT2D eigenvalue weighted by Gasteiger charge is 2.34. The van der Waals surface area contributed by atoms with Crippen LogP contribution in [0, 0.1) is 0 Å². The molecular formula is C27H26N2O2. The zero-order valence-electron chi connectivity index (χ0n) is 18.3. The van der Waals surface area contributed by atoms with Gasteiger partial charge in [-0.25, -0.2) is 10.0 Å². The maximum Gasteiger partial charge on any atom is 0.272 e. The van der Waals surface area contributed by atoms with Gasteiger partial charge >= 0.3 is 0 Å². The number of amides is 2. The maximum atomic E-state index is 13.6. The first-order chi connectivity index (χ1) is 14.8. The second kappa shape index (κ2) is 7.88. The van der Waals surface area contributed by atoms with Crippen LogP contribution in [-0.2, 0) is 0 Å². The molecule has 0 saturated carbocycles. The van der Waals surface area contributed by atoms with Crippen LogP contribution in [0.5, 0.6) is 0 Å². The summed E-state index contributed by atoms with van der Waals surface area (Å²) in [5, 5.41) is 7.09. The monoisotopic (exact) mass is 410 g/mol. The molecule has 4 nitrogen and oxygen atoms in total. The number of rotatable bonds is 2. The van der Waals surface area contributed by atoms with Crippen LogP contribution in [0.25, 0.3) is 21.5 Å². The molecule has 31 heavy (non-hydrogen) atoms. The number of fused-ring (bicyclic) bond motifs is 2. The van der Waals surface area contributed by atoms with Crippen molar-refractivity contribution >= 4 is 33.4 Å². The molecule has 0 saturated heterocycles. The molecule has 0 N–H and O–H groups in total. The summed E-state index contributed by atoms with van der Waals surface area (Å²) in [6.45, 7) is 5.78. The normalized spacial score (nSPS) is 11.5. The minimum atomic E-state index is -0.593. The van der Waals surface area contributed by atoms with Crippen molar-refractivity contribution < 1.29 is 9.59 Å². The first-order valence-electron chi connectivity index (χ1n) is 10.4. The molecule has 0 bridgehead atoms. The van der Waals surface area contributed by atoms with Gasteiger partial charge in [0.15, 0.2) is 0 Å². The van der Waals surface area contributed by atoms with E-state index >= 15 is 0 Å². The van der Waals surface area contributed by atoms with E-state index in [9.17, 15) is 9.59 Å². The van der Waals surface area contributed by atoms with E-state index in [1.807, 2.05) is 106 Å². The predicted molar refractivity (Wildman–Crippen MR) is 126 cm³/mol. The Bertz CT molecular complexity index is 1290. The fourth-order valence-corrected chi connectivity index (χ4v) is 3.94. The summed E-state index contributed by atoms with van der Waals surface area (Å²) in [6.07, 6.45) is 0. The van der Waals surface area contributed by atoms with Gasteiger partial charge in [0, 0.05) is 18.2 Å². The number of hydrogen-bond donors (Lipinski definition) is 0. The summed E-state index contributed by atoms with van der Waals surface area (Å²) >= 11 is 0. The highest BCUT2D eigenvalue weighted by Crippen LogP contribution is 2.24. The van der Waals surface area contributed by atoms with Gasteiger partial charge in [-0.3, -0.25) is 9.59 Å². The van der Waals surface area contributed by atoms with Gasteiger partial charge in [0.05, 0.1) is 5.54 Å². The van der Waals surface area contributed by atoms with Crippen LogP contribution in [0.15, 0.2) is 84.9 Å². The molecule has 0 fully saturated rings. The summed E-state index contributed by atoms with van der Waals surface area (Å²) in [6, 6.07) is 27.1. The maximum absolute atomic E-state index is 13.6. The molecule has 0 heterocycles. The van der Waals surface area contributed by atoms with E-state index in [0.29, 0.717) is 11.1 Å². The second-order valence-electron chi connectivity index (χ2n) is 8.74. The molecule has 2 amide bonds. The van der Waals surface area contributed by atoms with E-state index in [4.69, 9.17) is 0 Å². The summed E-state index contributed by atoms with van der Waals surface area (Å²) < 4.78 is 0. The number of hydrogen-bond acceptors (Lipinski definition) is 2. The Labute approximate surface area is 182 Å².